The van der Waals surface area contributed by atoms with Crippen molar-refractivity contribution < 1.29 is 9.32 Å². The van der Waals surface area contributed by atoms with Gasteiger partial charge in [-0.25, -0.2) is 0 Å². The van der Waals surface area contributed by atoms with Gasteiger partial charge in [0, 0.05) is 37.7 Å². The second kappa shape index (κ2) is 6.83. The van der Waals surface area contributed by atoms with Gasteiger partial charge in [0.2, 0.25) is 17.6 Å². The Kier molecular flexibility index (Phi) is 4.53. The van der Waals surface area contributed by atoms with Gasteiger partial charge in [0.05, 0.1) is 6.04 Å². The average Bonchev–Trinajstić information content (AvgIpc) is 3.19. The van der Waals surface area contributed by atoms with Crippen LogP contribution in [0.4, 0.5) is 0 Å². The van der Waals surface area contributed by atoms with Gasteiger partial charge >= 0.3 is 0 Å². The summed E-state index contributed by atoms with van der Waals surface area (Å²) in [6, 6.07) is 8.17. The summed E-state index contributed by atoms with van der Waals surface area (Å²) in [5.74, 6) is 2.44. The van der Waals surface area contributed by atoms with Crippen molar-refractivity contribution in [2.75, 3.05) is 26.2 Å². The molecule has 1 saturated heterocycles. The lowest BCUT2D eigenvalue weighted by Gasteiger charge is -2.37. The molecule has 0 radical (unpaired) electrons. The predicted molar refractivity (Wildman–Crippen MR) is 98.3 cm³/mol. The van der Waals surface area contributed by atoms with Gasteiger partial charge in [-0.1, -0.05) is 41.9 Å². The minimum absolute atomic E-state index is 0.0544. The van der Waals surface area contributed by atoms with Gasteiger partial charge in [0.25, 0.3) is 0 Å². The Morgan fingerprint density at radius 3 is 2.46 bits per heavy atom. The summed E-state index contributed by atoms with van der Waals surface area (Å²) in [6.07, 6.45) is 1.05. The predicted octanol–water partition coefficient (Wildman–Crippen LogP) is 2.91. The Balaban J connectivity index is 1.37. The van der Waals surface area contributed by atoms with Gasteiger partial charge < -0.3 is 9.42 Å². The maximum absolute atomic E-state index is 12.4. The van der Waals surface area contributed by atoms with E-state index < -0.39 is 0 Å². The van der Waals surface area contributed by atoms with E-state index in [0.29, 0.717) is 23.5 Å². The lowest BCUT2D eigenvalue weighted by molar-refractivity contribution is -0.135. The second-order valence-electron chi connectivity index (χ2n) is 7.68. The zero-order valence-corrected chi connectivity index (χ0v) is 15.7. The quantitative estimate of drug-likeness (QED) is 0.845. The van der Waals surface area contributed by atoms with E-state index in [4.69, 9.17) is 4.52 Å². The monoisotopic (exact) mass is 354 g/mol. The van der Waals surface area contributed by atoms with E-state index in [1.165, 1.54) is 5.56 Å². The number of aromatic nitrogens is 2. The smallest absolute Gasteiger partial charge is 0.244 e. The van der Waals surface area contributed by atoms with Gasteiger partial charge in [0.1, 0.15) is 0 Å². The molecule has 0 N–H and O–H groups in total. The maximum Gasteiger partial charge on any atom is 0.244 e. The van der Waals surface area contributed by atoms with E-state index in [9.17, 15) is 4.79 Å². The van der Waals surface area contributed by atoms with Crippen LogP contribution < -0.4 is 0 Å². The number of amides is 1. The van der Waals surface area contributed by atoms with Crippen molar-refractivity contribution in [1.29, 1.82) is 0 Å². The van der Waals surface area contributed by atoms with Crippen LogP contribution in [0.2, 0.25) is 0 Å². The van der Waals surface area contributed by atoms with E-state index in [0.717, 1.165) is 38.2 Å². The number of rotatable bonds is 4. The van der Waals surface area contributed by atoms with E-state index >= 15 is 0 Å². The van der Waals surface area contributed by atoms with Crippen LogP contribution in [0.3, 0.4) is 0 Å². The van der Waals surface area contributed by atoms with Crippen LogP contribution in [0.15, 0.2) is 28.8 Å². The molecule has 1 aromatic heterocycles. The van der Waals surface area contributed by atoms with E-state index in [-0.39, 0.29) is 12.0 Å². The Morgan fingerprint density at radius 2 is 1.85 bits per heavy atom. The van der Waals surface area contributed by atoms with E-state index in [1.807, 2.05) is 29.2 Å². The molecule has 26 heavy (non-hydrogen) atoms. The summed E-state index contributed by atoms with van der Waals surface area (Å²) < 4.78 is 5.52. The molecule has 2 aromatic rings. The first-order valence-corrected chi connectivity index (χ1v) is 9.46. The minimum atomic E-state index is 0.0544. The van der Waals surface area contributed by atoms with Crippen LogP contribution >= 0.6 is 0 Å². The molecule has 3 atom stereocenters. The van der Waals surface area contributed by atoms with Crippen molar-refractivity contribution in [1.82, 2.24) is 19.9 Å². The molecule has 2 heterocycles. The zero-order valence-electron chi connectivity index (χ0n) is 15.7. The molecule has 1 aromatic carbocycles. The fourth-order valence-electron chi connectivity index (χ4n) is 3.61. The average molecular weight is 354 g/mol. The molecular formula is C20H26N4O2. The number of nitrogens with zero attached hydrogens (tertiary/aromatic N) is 4. The van der Waals surface area contributed by atoms with Gasteiger partial charge in [-0.3, -0.25) is 9.69 Å². The van der Waals surface area contributed by atoms with Crippen molar-refractivity contribution in [2.24, 2.45) is 11.8 Å². The Hall–Kier alpha value is -2.21. The second-order valence-corrected chi connectivity index (χ2v) is 7.68. The first-order chi connectivity index (χ1) is 12.5. The molecule has 1 aliphatic heterocycles. The third-order valence-electron chi connectivity index (χ3n) is 5.71. The summed E-state index contributed by atoms with van der Waals surface area (Å²) in [5, 5.41) is 4.14. The molecule has 4 rings (SSSR count). The molecule has 6 heteroatoms. The highest BCUT2D eigenvalue weighted by Crippen LogP contribution is 2.39. The van der Waals surface area contributed by atoms with Crippen LogP contribution in [0, 0.1) is 18.8 Å². The number of carbonyl (C=O) groups excluding carboxylic acids is 1. The van der Waals surface area contributed by atoms with Crippen LogP contribution in [0.5, 0.6) is 0 Å². The van der Waals surface area contributed by atoms with Crippen molar-refractivity contribution >= 4 is 5.91 Å². The van der Waals surface area contributed by atoms with E-state index in [2.05, 4.69) is 35.8 Å². The fourth-order valence-corrected chi connectivity index (χ4v) is 3.61. The standard InChI is InChI=1S/C20H26N4O2/c1-13-4-6-16(7-5-13)18-21-19(26-22-18)15(3)23-8-10-24(11-9-23)20(25)17-12-14(17)2/h4-7,14-15,17H,8-12H2,1-3H3. The highest BCUT2D eigenvalue weighted by molar-refractivity contribution is 5.81. The molecule has 1 aliphatic carbocycles. The van der Waals surface area contributed by atoms with Crippen LogP contribution in [-0.4, -0.2) is 52.0 Å². The number of hydrogen-bond acceptors (Lipinski definition) is 5. The number of carbonyl (C=O) groups is 1. The first kappa shape index (κ1) is 17.2. The molecule has 0 spiro atoms. The number of hydrogen-bond donors (Lipinski definition) is 0. The van der Waals surface area contributed by atoms with Gasteiger partial charge in [-0.15, -0.1) is 0 Å². The summed E-state index contributed by atoms with van der Waals surface area (Å²) in [6.45, 7) is 9.56. The highest BCUT2D eigenvalue weighted by atomic mass is 16.5. The molecule has 1 amide bonds. The Bertz CT molecular complexity index is 777. The number of piperazine rings is 1. The van der Waals surface area contributed by atoms with Gasteiger partial charge in [0.15, 0.2) is 0 Å². The topological polar surface area (TPSA) is 62.5 Å². The summed E-state index contributed by atoms with van der Waals surface area (Å²) in [7, 11) is 0. The molecule has 138 valence electrons. The van der Waals surface area contributed by atoms with Crippen molar-refractivity contribution in [3.05, 3.63) is 35.7 Å². The first-order valence-electron chi connectivity index (χ1n) is 9.46. The normalized spacial score (nSPS) is 24.5. The Morgan fingerprint density at radius 1 is 1.19 bits per heavy atom. The summed E-state index contributed by atoms with van der Waals surface area (Å²) in [5.41, 5.74) is 2.17. The van der Waals surface area contributed by atoms with Crippen molar-refractivity contribution in [3.8, 4) is 11.4 Å². The van der Waals surface area contributed by atoms with Gasteiger partial charge in [-0.2, -0.15) is 4.98 Å². The number of benzene rings is 1. The van der Waals surface area contributed by atoms with Crippen LogP contribution in [0.25, 0.3) is 11.4 Å². The minimum Gasteiger partial charge on any atom is -0.340 e. The highest BCUT2D eigenvalue weighted by Gasteiger charge is 2.42. The largest absolute Gasteiger partial charge is 0.340 e. The number of aryl methyl sites for hydroxylation is 1. The van der Waals surface area contributed by atoms with Crippen LogP contribution in [-0.2, 0) is 4.79 Å². The van der Waals surface area contributed by atoms with Crippen molar-refractivity contribution in [3.63, 3.8) is 0 Å². The molecule has 2 fully saturated rings. The molecule has 3 unspecified atom stereocenters. The molecule has 1 saturated carbocycles. The lowest BCUT2D eigenvalue weighted by atomic mass is 10.1. The Labute approximate surface area is 154 Å². The van der Waals surface area contributed by atoms with E-state index in [1.54, 1.807) is 0 Å². The maximum atomic E-state index is 12.4. The van der Waals surface area contributed by atoms with Gasteiger partial charge in [-0.05, 0) is 26.2 Å². The SMILES string of the molecule is Cc1ccc(-c2noc(C(C)N3CCN(C(=O)C4CC4C)CC3)n2)cc1. The molecule has 2 aliphatic rings. The van der Waals surface area contributed by atoms with Crippen molar-refractivity contribution in [2.45, 2.75) is 33.2 Å². The lowest BCUT2D eigenvalue weighted by Crippen LogP contribution is -2.49. The fraction of sp³-hybridized carbons (Fsp3) is 0.550. The third kappa shape index (κ3) is 3.38. The van der Waals surface area contributed by atoms with Crippen LogP contribution in [0.1, 0.15) is 37.8 Å². The molecule has 0 bridgehead atoms. The zero-order chi connectivity index (χ0) is 18.3. The summed E-state index contributed by atoms with van der Waals surface area (Å²) >= 11 is 0. The molecule has 6 nitrogen and oxygen atoms in total. The third-order valence-corrected chi connectivity index (χ3v) is 5.71. The summed E-state index contributed by atoms with van der Waals surface area (Å²) in [4.78, 5) is 21.3. The molecular weight excluding hydrogens is 328 g/mol.